The highest BCUT2D eigenvalue weighted by Gasteiger charge is 2.18. The summed E-state index contributed by atoms with van der Waals surface area (Å²) < 4.78 is 6.72. The molecule has 1 aromatic heterocycles. The van der Waals surface area contributed by atoms with Gasteiger partial charge in [-0.1, -0.05) is 0 Å². The third-order valence-electron chi connectivity index (χ3n) is 2.82. The van der Waals surface area contributed by atoms with Gasteiger partial charge in [-0.3, -0.25) is 14.9 Å². The zero-order chi connectivity index (χ0) is 15.4. The quantitative estimate of drug-likeness (QED) is 0.640. The van der Waals surface area contributed by atoms with Crippen LogP contribution in [0.4, 0.5) is 5.69 Å². The number of carbonyl (C=O) groups excluding carboxylic acids is 1. The number of nitro groups is 1. The number of hydrogen-bond donors (Lipinski definition) is 0. The molecule has 8 heteroatoms. The molecule has 2 rings (SSSR count). The number of benzene rings is 1. The Bertz CT molecular complexity index is 748. The number of aromatic nitrogens is 1. The number of nitrogens with zero attached hydrogens (tertiary/aromatic N) is 3. The Morgan fingerprint density at radius 3 is 2.90 bits per heavy atom. The summed E-state index contributed by atoms with van der Waals surface area (Å²) in [5.74, 6) is -0.415. The number of aryl methyl sites for hydroxylation is 1. The van der Waals surface area contributed by atoms with Crippen LogP contribution in [0.5, 0.6) is 5.75 Å². The molecule has 1 amide bonds. The largest absolute Gasteiger partial charge is 0.490 e. The molecule has 1 aromatic carbocycles. The third-order valence-corrected chi connectivity index (χ3v) is 3.61. The van der Waals surface area contributed by atoms with Gasteiger partial charge >= 0.3 is 5.69 Å². The fraction of sp³-hybridized carbons (Fsp3) is 0.231. The number of ether oxygens (including phenoxy) is 1. The second-order valence-corrected chi connectivity index (χ2v) is 4.91. The Labute approximate surface area is 124 Å². The van der Waals surface area contributed by atoms with Gasteiger partial charge in [-0.05, 0) is 19.1 Å². The van der Waals surface area contributed by atoms with Crippen molar-refractivity contribution in [2.24, 2.45) is 4.99 Å². The number of hydrogen-bond acceptors (Lipinski definition) is 5. The fourth-order valence-electron chi connectivity index (χ4n) is 1.74. The Hall–Kier alpha value is -2.48. The number of thiazole rings is 1. The molecule has 1 heterocycles. The number of amides is 1. The van der Waals surface area contributed by atoms with Crippen molar-refractivity contribution in [2.45, 2.75) is 13.5 Å². The highest BCUT2D eigenvalue weighted by molar-refractivity contribution is 7.07. The summed E-state index contributed by atoms with van der Waals surface area (Å²) in [6.45, 7) is 2.63. The molecule has 110 valence electrons. The summed E-state index contributed by atoms with van der Waals surface area (Å²) in [4.78, 5) is 27.0. The lowest BCUT2D eigenvalue weighted by molar-refractivity contribution is -0.385. The maximum absolute atomic E-state index is 12.1. The van der Waals surface area contributed by atoms with Crippen LogP contribution in [0.1, 0.15) is 17.3 Å². The number of methoxy groups -OCH3 is 1. The van der Waals surface area contributed by atoms with Crippen molar-refractivity contribution in [3.63, 3.8) is 0 Å². The fourth-order valence-corrected chi connectivity index (χ4v) is 2.54. The molecule has 0 fully saturated rings. The normalized spacial score (nSPS) is 11.4. The summed E-state index contributed by atoms with van der Waals surface area (Å²) in [7, 11) is 1.34. The van der Waals surface area contributed by atoms with Gasteiger partial charge in [0.1, 0.15) is 0 Å². The molecule has 2 aromatic rings. The van der Waals surface area contributed by atoms with Crippen LogP contribution in [0, 0.1) is 10.1 Å². The van der Waals surface area contributed by atoms with E-state index < -0.39 is 10.8 Å². The summed E-state index contributed by atoms with van der Waals surface area (Å²) in [5.41, 5.74) is -0.105. The lowest BCUT2D eigenvalue weighted by Gasteiger charge is -2.02. The van der Waals surface area contributed by atoms with Gasteiger partial charge < -0.3 is 9.30 Å². The summed E-state index contributed by atoms with van der Waals surface area (Å²) in [6.07, 6.45) is 1.83. The number of rotatable bonds is 4. The molecular formula is C13H13N3O4S. The molecule has 0 aliphatic rings. The topological polar surface area (TPSA) is 86.7 Å². The van der Waals surface area contributed by atoms with Gasteiger partial charge in [0.15, 0.2) is 10.6 Å². The summed E-state index contributed by atoms with van der Waals surface area (Å²) in [6, 6.07) is 4.03. The van der Waals surface area contributed by atoms with Crippen LogP contribution in [0.3, 0.4) is 0 Å². The van der Waals surface area contributed by atoms with E-state index in [-0.39, 0.29) is 17.0 Å². The van der Waals surface area contributed by atoms with Gasteiger partial charge in [0.25, 0.3) is 5.91 Å². The molecular weight excluding hydrogens is 294 g/mol. The van der Waals surface area contributed by atoms with Crippen LogP contribution in [-0.4, -0.2) is 22.5 Å². The SMILES string of the molecule is CCn1ccsc1=NC(=O)c1ccc(OC)c([N+](=O)[O-])c1. The second-order valence-electron chi connectivity index (χ2n) is 4.03. The van der Waals surface area contributed by atoms with Crippen molar-refractivity contribution in [3.05, 3.63) is 50.3 Å². The Morgan fingerprint density at radius 1 is 1.52 bits per heavy atom. The van der Waals surface area contributed by atoms with E-state index in [9.17, 15) is 14.9 Å². The van der Waals surface area contributed by atoms with E-state index >= 15 is 0 Å². The summed E-state index contributed by atoms with van der Waals surface area (Å²) in [5, 5.41) is 12.8. The lowest BCUT2D eigenvalue weighted by Crippen LogP contribution is -2.15. The summed E-state index contributed by atoms with van der Waals surface area (Å²) >= 11 is 1.33. The van der Waals surface area contributed by atoms with Crippen LogP contribution in [-0.2, 0) is 6.54 Å². The molecule has 21 heavy (non-hydrogen) atoms. The maximum Gasteiger partial charge on any atom is 0.311 e. The van der Waals surface area contributed by atoms with Crippen molar-refractivity contribution >= 4 is 22.9 Å². The molecule has 0 radical (unpaired) electrons. The smallest absolute Gasteiger partial charge is 0.311 e. The first kappa shape index (κ1) is 14.9. The van der Waals surface area contributed by atoms with Gasteiger partial charge in [-0.15, -0.1) is 11.3 Å². The zero-order valence-corrected chi connectivity index (χ0v) is 12.3. The highest BCUT2D eigenvalue weighted by atomic mass is 32.1. The molecule has 0 saturated carbocycles. The van der Waals surface area contributed by atoms with Crippen LogP contribution < -0.4 is 9.54 Å². The first-order valence-electron chi connectivity index (χ1n) is 6.12. The van der Waals surface area contributed by atoms with E-state index in [4.69, 9.17) is 4.74 Å². The highest BCUT2D eigenvalue weighted by Crippen LogP contribution is 2.27. The molecule has 0 spiro atoms. The van der Waals surface area contributed by atoms with Crippen molar-refractivity contribution < 1.29 is 14.5 Å². The van der Waals surface area contributed by atoms with Gasteiger partial charge in [-0.25, -0.2) is 0 Å². The van der Waals surface area contributed by atoms with E-state index in [2.05, 4.69) is 4.99 Å². The Balaban J connectivity index is 2.43. The predicted octanol–water partition coefficient (Wildman–Crippen LogP) is 2.23. The van der Waals surface area contributed by atoms with Crippen LogP contribution >= 0.6 is 11.3 Å². The van der Waals surface area contributed by atoms with Gasteiger partial charge in [0, 0.05) is 29.8 Å². The number of nitro benzene ring substituents is 1. The molecule has 0 atom stereocenters. The van der Waals surface area contributed by atoms with E-state index in [0.717, 1.165) is 0 Å². The molecule has 0 aliphatic heterocycles. The minimum absolute atomic E-state index is 0.108. The first-order chi connectivity index (χ1) is 10.1. The van der Waals surface area contributed by atoms with Gasteiger partial charge in [0.05, 0.1) is 12.0 Å². The minimum atomic E-state index is -0.590. The standard InChI is InChI=1S/C13H13N3O4S/c1-3-15-6-7-21-13(15)14-12(17)9-4-5-11(20-2)10(8-9)16(18)19/h4-8H,3H2,1-2H3. The predicted molar refractivity (Wildman–Crippen MR) is 77.5 cm³/mol. The van der Waals surface area contributed by atoms with Crippen molar-refractivity contribution in [2.75, 3.05) is 7.11 Å². The maximum atomic E-state index is 12.1. The second kappa shape index (κ2) is 6.31. The van der Waals surface area contributed by atoms with Crippen molar-refractivity contribution in [1.82, 2.24) is 4.57 Å². The zero-order valence-electron chi connectivity index (χ0n) is 11.5. The van der Waals surface area contributed by atoms with Gasteiger partial charge in [-0.2, -0.15) is 4.99 Å². The van der Waals surface area contributed by atoms with Crippen molar-refractivity contribution in [3.8, 4) is 5.75 Å². The molecule has 0 bridgehead atoms. The monoisotopic (exact) mass is 307 g/mol. The van der Waals surface area contributed by atoms with Crippen LogP contribution in [0.2, 0.25) is 0 Å². The van der Waals surface area contributed by atoms with E-state index in [0.29, 0.717) is 11.3 Å². The third kappa shape index (κ3) is 3.16. The van der Waals surface area contributed by atoms with Crippen LogP contribution in [0.15, 0.2) is 34.8 Å². The van der Waals surface area contributed by atoms with Crippen LogP contribution in [0.25, 0.3) is 0 Å². The van der Waals surface area contributed by atoms with E-state index in [1.807, 2.05) is 23.1 Å². The molecule has 7 nitrogen and oxygen atoms in total. The van der Waals surface area contributed by atoms with Crippen molar-refractivity contribution in [1.29, 1.82) is 0 Å². The lowest BCUT2D eigenvalue weighted by atomic mass is 10.2. The Morgan fingerprint density at radius 2 is 2.29 bits per heavy atom. The van der Waals surface area contributed by atoms with Gasteiger partial charge in [0.2, 0.25) is 0 Å². The molecule has 0 unspecified atom stereocenters. The molecule has 0 aliphatic carbocycles. The van der Waals surface area contributed by atoms with E-state index in [1.54, 1.807) is 0 Å². The molecule has 0 N–H and O–H groups in total. The first-order valence-corrected chi connectivity index (χ1v) is 7.00. The average Bonchev–Trinajstić information content (AvgIpc) is 2.93. The minimum Gasteiger partial charge on any atom is -0.490 e. The molecule has 0 saturated heterocycles. The Kier molecular flexibility index (Phi) is 4.49. The number of carbonyl (C=O) groups is 1. The van der Waals surface area contributed by atoms with E-state index in [1.165, 1.54) is 36.6 Å². The average molecular weight is 307 g/mol.